The first kappa shape index (κ1) is 23.5. The molecule has 0 bridgehead atoms. The highest BCUT2D eigenvalue weighted by Crippen LogP contribution is 2.47. The fourth-order valence-corrected chi connectivity index (χ4v) is 4.95. The van der Waals surface area contributed by atoms with Crippen LogP contribution in [0.25, 0.3) is 10.9 Å². The largest absolute Gasteiger partial charge is 0.492 e. The summed E-state index contributed by atoms with van der Waals surface area (Å²) < 4.78 is 19.3. The summed E-state index contributed by atoms with van der Waals surface area (Å²) in [6, 6.07) is 7.88. The Balaban J connectivity index is 1.33. The van der Waals surface area contributed by atoms with Gasteiger partial charge < -0.3 is 15.4 Å². The van der Waals surface area contributed by atoms with Crippen molar-refractivity contribution in [3.05, 3.63) is 59.7 Å². The number of nitrogens with one attached hydrogen (secondary N) is 2. The third-order valence-corrected chi connectivity index (χ3v) is 6.93. The van der Waals surface area contributed by atoms with E-state index in [0.717, 1.165) is 19.6 Å². The van der Waals surface area contributed by atoms with Gasteiger partial charge in [0.2, 0.25) is 5.91 Å². The zero-order valence-electron chi connectivity index (χ0n) is 19.5. The first-order valence-electron chi connectivity index (χ1n) is 11.8. The van der Waals surface area contributed by atoms with Crippen molar-refractivity contribution in [2.75, 3.05) is 36.9 Å². The maximum atomic E-state index is 13.5. The Bertz CT molecular complexity index is 1290. The normalized spacial score (nSPS) is 16.8. The van der Waals surface area contributed by atoms with Gasteiger partial charge in [0.25, 0.3) is 0 Å². The van der Waals surface area contributed by atoms with Gasteiger partial charge in [0.15, 0.2) is 0 Å². The third-order valence-electron chi connectivity index (χ3n) is 6.64. The van der Waals surface area contributed by atoms with E-state index in [-0.39, 0.29) is 10.9 Å². The predicted octanol–water partition coefficient (Wildman–Crippen LogP) is 5.55. The predicted molar refractivity (Wildman–Crippen MR) is 136 cm³/mol. The first-order chi connectivity index (χ1) is 16.9. The van der Waals surface area contributed by atoms with Gasteiger partial charge in [-0.3, -0.25) is 9.69 Å². The molecule has 1 spiro atoms. The van der Waals surface area contributed by atoms with E-state index in [0.29, 0.717) is 45.9 Å². The molecule has 2 N–H and O–H groups in total. The number of halogens is 2. The molecule has 7 nitrogen and oxygen atoms in total. The summed E-state index contributed by atoms with van der Waals surface area (Å²) in [5, 5.41) is 6.74. The minimum absolute atomic E-state index is 0.00724. The van der Waals surface area contributed by atoms with Crippen LogP contribution in [0.2, 0.25) is 5.02 Å². The molecule has 1 saturated heterocycles. The molecule has 1 aliphatic heterocycles. The summed E-state index contributed by atoms with van der Waals surface area (Å²) in [6.07, 6.45) is 8.91. The van der Waals surface area contributed by atoms with Crippen LogP contribution in [0.1, 0.15) is 26.2 Å². The van der Waals surface area contributed by atoms with E-state index in [2.05, 4.69) is 25.5 Å². The Kier molecular flexibility index (Phi) is 6.58. The number of carbonyl (C=O) groups excluding carboxylic acids is 1. The second-order valence-electron chi connectivity index (χ2n) is 9.19. The van der Waals surface area contributed by atoms with Crippen LogP contribution >= 0.6 is 11.6 Å². The smallest absolute Gasteiger partial charge is 0.248 e. The molecule has 3 aromatic rings. The molecule has 2 heterocycles. The van der Waals surface area contributed by atoms with Crippen molar-refractivity contribution in [2.45, 2.75) is 26.2 Å². The van der Waals surface area contributed by atoms with Gasteiger partial charge in [0.1, 0.15) is 23.7 Å². The van der Waals surface area contributed by atoms with E-state index in [1.165, 1.54) is 37.7 Å². The number of aromatic nitrogens is 2. The topological polar surface area (TPSA) is 79.4 Å². The lowest BCUT2D eigenvalue weighted by atomic mass is 9.63. The van der Waals surface area contributed by atoms with Crippen LogP contribution in [0.4, 0.5) is 21.6 Å². The molecule has 2 aliphatic rings. The lowest BCUT2D eigenvalue weighted by Crippen LogP contribution is -2.59. The number of ether oxygens (including phenoxy) is 1. The zero-order valence-corrected chi connectivity index (χ0v) is 20.2. The van der Waals surface area contributed by atoms with Crippen molar-refractivity contribution in [1.82, 2.24) is 14.9 Å². The number of anilines is 3. The van der Waals surface area contributed by atoms with Crippen molar-refractivity contribution in [1.29, 1.82) is 0 Å². The van der Waals surface area contributed by atoms with Gasteiger partial charge in [-0.2, -0.15) is 0 Å². The summed E-state index contributed by atoms with van der Waals surface area (Å²) in [4.78, 5) is 23.7. The fourth-order valence-electron chi connectivity index (χ4n) is 4.77. The molecule has 1 amide bonds. The van der Waals surface area contributed by atoms with Crippen LogP contribution < -0.4 is 15.4 Å². The third kappa shape index (κ3) is 5.09. The number of hydrogen-bond donors (Lipinski definition) is 2. The Hall–Kier alpha value is -3.23. The van der Waals surface area contributed by atoms with E-state index in [1.54, 1.807) is 24.3 Å². The highest BCUT2D eigenvalue weighted by Gasteiger charge is 2.46. The maximum absolute atomic E-state index is 13.5. The Labute approximate surface area is 208 Å². The summed E-state index contributed by atoms with van der Waals surface area (Å²) >= 11 is 5.91. The second kappa shape index (κ2) is 9.79. The molecule has 1 saturated carbocycles. The second-order valence-corrected chi connectivity index (χ2v) is 9.60. The number of fused-ring (bicyclic) bond motifs is 1. The maximum Gasteiger partial charge on any atom is 0.248 e. The van der Waals surface area contributed by atoms with Crippen molar-refractivity contribution in [3.63, 3.8) is 0 Å². The number of nitrogens with zero attached hydrogens (tertiary/aromatic N) is 3. The van der Waals surface area contributed by atoms with E-state index >= 15 is 0 Å². The molecule has 0 radical (unpaired) electrons. The van der Waals surface area contributed by atoms with Crippen LogP contribution in [-0.2, 0) is 4.79 Å². The SMILES string of the molecule is CCOc1cc2ncnc(Nc3ccc(F)c(Cl)c3)c2cc1NC(=O)C=CCN1CC2(CCC2)C1. The van der Waals surface area contributed by atoms with E-state index < -0.39 is 5.82 Å². The van der Waals surface area contributed by atoms with Gasteiger partial charge in [0.05, 0.1) is 22.8 Å². The summed E-state index contributed by atoms with van der Waals surface area (Å²) in [6.45, 7) is 5.35. The average Bonchev–Trinajstić information content (AvgIpc) is 2.77. The van der Waals surface area contributed by atoms with E-state index in [4.69, 9.17) is 16.3 Å². The lowest BCUT2D eigenvalue weighted by molar-refractivity contribution is -0.112. The van der Waals surface area contributed by atoms with Crippen LogP contribution in [-0.4, -0.2) is 47.0 Å². The monoisotopic (exact) mass is 495 g/mol. The van der Waals surface area contributed by atoms with Gasteiger partial charge in [-0.1, -0.05) is 24.1 Å². The summed E-state index contributed by atoms with van der Waals surface area (Å²) in [5.74, 6) is 0.280. The molecule has 9 heteroatoms. The van der Waals surface area contributed by atoms with Crippen molar-refractivity contribution < 1.29 is 13.9 Å². The molecular weight excluding hydrogens is 469 g/mol. The molecule has 1 aliphatic carbocycles. The van der Waals surface area contributed by atoms with Crippen molar-refractivity contribution >= 4 is 45.6 Å². The van der Waals surface area contributed by atoms with Crippen LogP contribution in [0.15, 0.2) is 48.8 Å². The molecular formula is C26H27ClFN5O2. The van der Waals surface area contributed by atoms with Crippen molar-refractivity contribution in [3.8, 4) is 5.75 Å². The van der Waals surface area contributed by atoms with Gasteiger partial charge in [0, 0.05) is 42.9 Å². The number of amides is 1. The van der Waals surface area contributed by atoms with Crippen LogP contribution in [0.5, 0.6) is 5.75 Å². The minimum Gasteiger partial charge on any atom is -0.492 e. The number of carbonyl (C=O) groups is 1. The van der Waals surface area contributed by atoms with Gasteiger partial charge in [-0.15, -0.1) is 0 Å². The van der Waals surface area contributed by atoms with Crippen LogP contribution in [0, 0.1) is 11.2 Å². The minimum atomic E-state index is -0.499. The molecule has 35 heavy (non-hydrogen) atoms. The molecule has 2 aromatic carbocycles. The molecule has 182 valence electrons. The quantitative estimate of drug-likeness (QED) is 0.399. The zero-order chi connectivity index (χ0) is 24.4. The van der Waals surface area contributed by atoms with Crippen LogP contribution in [0.3, 0.4) is 0 Å². The standard InChI is InChI=1S/C26H27ClFN5O2/c1-2-35-23-13-21-18(25(30-16-29-21)31-17-6-7-20(28)19(27)11-17)12-22(23)32-24(34)5-3-10-33-14-26(15-33)8-4-9-26/h3,5-7,11-13,16H,2,4,8-10,14-15H2,1H3,(H,32,34)(H,29,30,31). The highest BCUT2D eigenvalue weighted by molar-refractivity contribution is 6.31. The lowest BCUT2D eigenvalue weighted by Gasteiger charge is -2.56. The number of benzene rings is 2. The number of hydrogen-bond acceptors (Lipinski definition) is 6. The van der Waals surface area contributed by atoms with Gasteiger partial charge in [-0.05, 0) is 49.4 Å². The highest BCUT2D eigenvalue weighted by atomic mass is 35.5. The van der Waals surface area contributed by atoms with E-state index in [1.807, 2.05) is 13.0 Å². The summed E-state index contributed by atoms with van der Waals surface area (Å²) in [7, 11) is 0. The van der Waals surface area contributed by atoms with Gasteiger partial charge in [-0.25, -0.2) is 14.4 Å². The Morgan fingerprint density at radius 1 is 1.26 bits per heavy atom. The molecule has 0 unspecified atom stereocenters. The Morgan fingerprint density at radius 2 is 2.09 bits per heavy atom. The number of rotatable bonds is 8. The van der Waals surface area contributed by atoms with Crippen molar-refractivity contribution in [2.24, 2.45) is 5.41 Å². The summed E-state index contributed by atoms with van der Waals surface area (Å²) in [5.41, 5.74) is 2.30. The number of likely N-dealkylation sites (tertiary alicyclic amines) is 1. The Morgan fingerprint density at radius 3 is 2.80 bits per heavy atom. The average molecular weight is 496 g/mol. The molecule has 5 rings (SSSR count). The van der Waals surface area contributed by atoms with Gasteiger partial charge >= 0.3 is 0 Å². The molecule has 2 fully saturated rings. The fraction of sp³-hybridized carbons (Fsp3) is 0.346. The molecule has 1 aromatic heterocycles. The van der Waals surface area contributed by atoms with E-state index in [9.17, 15) is 9.18 Å². The molecule has 0 atom stereocenters. The first-order valence-corrected chi connectivity index (χ1v) is 12.2.